The van der Waals surface area contributed by atoms with Gasteiger partial charge in [0.25, 0.3) is 0 Å². The zero-order valence-corrected chi connectivity index (χ0v) is 16.7. The van der Waals surface area contributed by atoms with Crippen molar-refractivity contribution >= 4 is 11.9 Å². The molecule has 2 aromatic rings. The molecule has 0 saturated carbocycles. The zero-order valence-electron chi connectivity index (χ0n) is 16.7. The summed E-state index contributed by atoms with van der Waals surface area (Å²) in [6, 6.07) is 12.3. The highest BCUT2D eigenvalue weighted by atomic mass is 16.8. The van der Waals surface area contributed by atoms with Gasteiger partial charge in [-0.15, -0.1) is 0 Å². The molecule has 0 radical (unpaired) electrons. The van der Waals surface area contributed by atoms with Gasteiger partial charge in [0.2, 0.25) is 0 Å². The SMILES string of the molecule is O=C(O)c1ccccc1C1OC2COC(c3ccccc3C(=O)O)OC2C(C(O)CO)O1. The van der Waals surface area contributed by atoms with Crippen molar-refractivity contribution in [3.63, 3.8) is 0 Å². The maximum Gasteiger partial charge on any atom is 0.336 e. The average Bonchev–Trinajstić information content (AvgIpc) is 2.82. The van der Waals surface area contributed by atoms with Crippen molar-refractivity contribution in [2.24, 2.45) is 0 Å². The highest BCUT2D eigenvalue weighted by Crippen LogP contribution is 2.40. The van der Waals surface area contributed by atoms with Crippen LogP contribution in [0.15, 0.2) is 48.5 Å². The standard InChI is InChI=1S/C22H22O10/c23-9-15(24)17-18-16(30-22(31-17)14-8-4-2-6-12(14)20(27)28)10-29-21(32-18)13-7-3-1-5-11(13)19(25)26/h1-8,15-18,21-24H,9-10H2,(H,25,26)(H,27,28). The van der Waals surface area contributed by atoms with Gasteiger partial charge in [-0.2, -0.15) is 0 Å². The Morgan fingerprint density at radius 3 is 2.00 bits per heavy atom. The quantitative estimate of drug-likeness (QED) is 0.511. The van der Waals surface area contributed by atoms with E-state index in [1.165, 1.54) is 18.2 Å². The van der Waals surface area contributed by atoms with Crippen molar-refractivity contribution < 1.29 is 49.0 Å². The van der Waals surface area contributed by atoms with Crippen molar-refractivity contribution in [1.82, 2.24) is 0 Å². The molecular weight excluding hydrogens is 424 g/mol. The molecule has 0 aliphatic carbocycles. The minimum absolute atomic E-state index is 0.00103. The number of ether oxygens (including phenoxy) is 4. The van der Waals surface area contributed by atoms with Gasteiger partial charge >= 0.3 is 11.9 Å². The molecule has 170 valence electrons. The maximum absolute atomic E-state index is 11.6. The van der Waals surface area contributed by atoms with Crippen LogP contribution in [0.5, 0.6) is 0 Å². The van der Waals surface area contributed by atoms with Gasteiger partial charge in [0.15, 0.2) is 12.6 Å². The van der Waals surface area contributed by atoms with Crippen molar-refractivity contribution in [2.45, 2.75) is 37.0 Å². The molecule has 2 heterocycles. The fourth-order valence-electron chi connectivity index (χ4n) is 3.88. The molecule has 0 spiro atoms. The molecule has 0 amide bonds. The van der Waals surface area contributed by atoms with Crippen LogP contribution < -0.4 is 0 Å². The lowest BCUT2D eigenvalue weighted by molar-refractivity contribution is -0.373. The van der Waals surface area contributed by atoms with Gasteiger partial charge in [-0.05, 0) is 12.1 Å². The number of aliphatic hydroxyl groups excluding tert-OH is 2. The van der Waals surface area contributed by atoms with Gasteiger partial charge in [0.05, 0.1) is 24.3 Å². The summed E-state index contributed by atoms with van der Waals surface area (Å²) in [6.07, 6.45) is -6.34. The third-order valence-corrected chi connectivity index (χ3v) is 5.42. The molecule has 32 heavy (non-hydrogen) atoms. The number of hydrogen-bond donors (Lipinski definition) is 4. The first-order chi connectivity index (χ1) is 15.4. The smallest absolute Gasteiger partial charge is 0.336 e. The molecular formula is C22H22O10. The summed E-state index contributed by atoms with van der Waals surface area (Å²) in [6.45, 7) is -0.672. The Morgan fingerprint density at radius 1 is 0.875 bits per heavy atom. The first-order valence-electron chi connectivity index (χ1n) is 9.92. The Bertz CT molecular complexity index is 990. The molecule has 0 aromatic heterocycles. The van der Waals surface area contributed by atoms with E-state index in [-0.39, 0.29) is 28.9 Å². The van der Waals surface area contributed by atoms with Crippen LogP contribution in [-0.2, 0) is 18.9 Å². The summed E-state index contributed by atoms with van der Waals surface area (Å²) >= 11 is 0. The lowest BCUT2D eigenvalue weighted by Crippen LogP contribution is -2.58. The maximum atomic E-state index is 11.6. The van der Waals surface area contributed by atoms with E-state index in [1.54, 1.807) is 30.3 Å². The number of benzene rings is 2. The number of carbonyl (C=O) groups is 2. The number of carboxylic acid groups (broad SMARTS) is 2. The van der Waals surface area contributed by atoms with Crippen molar-refractivity contribution in [2.75, 3.05) is 13.2 Å². The van der Waals surface area contributed by atoms with E-state index in [2.05, 4.69) is 0 Å². The van der Waals surface area contributed by atoms with Gasteiger partial charge in [-0.25, -0.2) is 9.59 Å². The highest BCUT2D eigenvalue weighted by molar-refractivity contribution is 5.90. The van der Waals surface area contributed by atoms with Crippen molar-refractivity contribution in [3.8, 4) is 0 Å². The zero-order chi connectivity index (χ0) is 22.8. The molecule has 4 N–H and O–H groups in total. The lowest BCUT2D eigenvalue weighted by Gasteiger charge is -2.47. The van der Waals surface area contributed by atoms with E-state index < -0.39 is 55.5 Å². The highest BCUT2D eigenvalue weighted by Gasteiger charge is 2.48. The van der Waals surface area contributed by atoms with Crippen molar-refractivity contribution in [1.29, 1.82) is 0 Å². The number of aliphatic hydroxyl groups is 2. The average molecular weight is 446 g/mol. The summed E-state index contributed by atoms with van der Waals surface area (Å²) in [4.78, 5) is 23.2. The van der Waals surface area contributed by atoms with Crippen LogP contribution in [0.2, 0.25) is 0 Å². The predicted molar refractivity (Wildman–Crippen MR) is 106 cm³/mol. The molecule has 10 heteroatoms. The molecule has 2 aliphatic rings. The Balaban J connectivity index is 1.63. The molecule has 2 aromatic carbocycles. The number of rotatable bonds is 6. The predicted octanol–water partition coefficient (Wildman–Crippen LogP) is 1.33. The number of fused-ring (bicyclic) bond motifs is 1. The molecule has 2 fully saturated rings. The van der Waals surface area contributed by atoms with E-state index >= 15 is 0 Å². The number of hydrogen-bond acceptors (Lipinski definition) is 8. The minimum atomic E-state index is -1.36. The third-order valence-electron chi connectivity index (χ3n) is 5.42. The van der Waals surface area contributed by atoms with Crippen LogP contribution in [0, 0.1) is 0 Å². The van der Waals surface area contributed by atoms with E-state index in [9.17, 15) is 30.0 Å². The monoisotopic (exact) mass is 446 g/mol. The second kappa shape index (κ2) is 9.33. The molecule has 2 saturated heterocycles. The first-order valence-corrected chi connectivity index (χ1v) is 9.92. The Labute approximate surface area is 182 Å². The molecule has 10 nitrogen and oxygen atoms in total. The van der Waals surface area contributed by atoms with Gasteiger partial charge in [-0.1, -0.05) is 36.4 Å². The number of aromatic carboxylic acids is 2. The van der Waals surface area contributed by atoms with Gasteiger partial charge in [-0.3, -0.25) is 0 Å². The fourth-order valence-corrected chi connectivity index (χ4v) is 3.88. The Hall–Kier alpha value is -2.86. The lowest BCUT2D eigenvalue weighted by atomic mass is 9.98. The normalized spacial score (nSPS) is 28.5. The third kappa shape index (κ3) is 4.24. The summed E-state index contributed by atoms with van der Waals surface area (Å²) in [5, 5.41) is 38.9. The summed E-state index contributed by atoms with van der Waals surface area (Å²) < 4.78 is 23.4. The molecule has 6 atom stereocenters. The summed E-state index contributed by atoms with van der Waals surface area (Å²) in [5.74, 6) is -2.32. The Morgan fingerprint density at radius 2 is 1.44 bits per heavy atom. The van der Waals surface area contributed by atoms with Crippen LogP contribution in [0.4, 0.5) is 0 Å². The Kier molecular flexibility index (Phi) is 6.51. The van der Waals surface area contributed by atoms with Crippen LogP contribution >= 0.6 is 0 Å². The first kappa shape index (κ1) is 22.3. The summed E-state index contributed by atoms with van der Waals surface area (Å²) in [7, 11) is 0. The van der Waals surface area contributed by atoms with Crippen LogP contribution in [0.1, 0.15) is 44.4 Å². The van der Waals surface area contributed by atoms with Gasteiger partial charge in [0, 0.05) is 11.1 Å². The topological polar surface area (TPSA) is 152 Å². The molecule has 4 rings (SSSR count). The van der Waals surface area contributed by atoms with Gasteiger partial charge < -0.3 is 39.4 Å². The van der Waals surface area contributed by atoms with Crippen molar-refractivity contribution in [3.05, 3.63) is 70.8 Å². The molecule has 0 bridgehead atoms. The molecule has 2 aliphatic heterocycles. The second-order valence-corrected chi connectivity index (χ2v) is 7.41. The minimum Gasteiger partial charge on any atom is -0.478 e. The van der Waals surface area contributed by atoms with Crippen LogP contribution in [0.25, 0.3) is 0 Å². The molecule has 6 unspecified atom stereocenters. The van der Waals surface area contributed by atoms with E-state index in [1.807, 2.05) is 0 Å². The van der Waals surface area contributed by atoms with Crippen LogP contribution in [-0.4, -0.2) is 70.0 Å². The largest absolute Gasteiger partial charge is 0.478 e. The fraction of sp³-hybridized carbons (Fsp3) is 0.364. The van der Waals surface area contributed by atoms with E-state index in [0.717, 1.165) is 0 Å². The van der Waals surface area contributed by atoms with Crippen LogP contribution in [0.3, 0.4) is 0 Å². The van der Waals surface area contributed by atoms with E-state index in [4.69, 9.17) is 18.9 Å². The van der Waals surface area contributed by atoms with E-state index in [0.29, 0.717) is 0 Å². The summed E-state index contributed by atoms with van der Waals surface area (Å²) in [5.41, 5.74) is 0.501. The van der Waals surface area contributed by atoms with Gasteiger partial charge in [0.1, 0.15) is 24.4 Å². The second-order valence-electron chi connectivity index (χ2n) is 7.41. The number of carboxylic acids is 2.